The van der Waals surface area contributed by atoms with Crippen molar-refractivity contribution in [2.45, 2.75) is 19.4 Å². The van der Waals surface area contributed by atoms with Crippen molar-refractivity contribution >= 4 is 44.8 Å². The molecular weight excluding hydrogens is 347 g/mol. The quantitative estimate of drug-likeness (QED) is 0.759. The number of aromatic nitrogens is 1. The summed E-state index contributed by atoms with van der Waals surface area (Å²) in [5, 5.41) is 4.59. The summed E-state index contributed by atoms with van der Waals surface area (Å²) in [6, 6.07) is 10.0. The van der Waals surface area contributed by atoms with Crippen LogP contribution >= 0.6 is 39.1 Å². The largest absolute Gasteiger partial charge is 0.380 e. The minimum atomic E-state index is 0.245. The number of halogens is 3. The molecule has 0 radical (unpaired) electrons. The van der Waals surface area contributed by atoms with Crippen LogP contribution in [0.1, 0.15) is 12.5 Å². The molecule has 100 valence electrons. The van der Waals surface area contributed by atoms with Crippen molar-refractivity contribution in [2.75, 3.05) is 5.32 Å². The molecule has 1 atom stereocenters. The Morgan fingerprint density at radius 1 is 1.26 bits per heavy atom. The molecule has 5 heteroatoms. The van der Waals surface area contributed by atoms with E-state index in [1.165, 1.54) is 5.56 Å². The van der Waals surface area contributed by atoms with E-state index in [0.717, 1.165) is 21.6 Å². The van der Waals surface area contributed by atoms with E-state index < -0.39 is 0 Å². The van der Waals surface area contributed by atoms with Gasteiger partial charge in [0.25, 0.3) is 0 Å². The van der Waals surface area contributed by atoms with Crippen molar-refractivity contribution in [3.63, 3.8) is 0 Å². The van der Waals surface area contributed by atoms with Crippen molar-refractivity contribution < 1.29 is 0 Å². The highest BCUT2D eigenvalue weighted by atomic mass is 79.9. The van der Waals surface area contributed by atoms with E-state index in [2.05, 4.69) is 33.2 Å². The molecule has 2 nitrogen and oxygen atoms in total. The highest BCUT2D eigenvalue weighted by Gasteiger charge is 2.08. The molecule has 1 heterocycles. The van der Waals surface area contributed by atoms with Crippen LogP contribution in [0.4, 0.5) is 5.69 Å². The molecule has 0 saturated heterocycles. The molecule has 0 aliphatic carbocycles. The Labute approximate surface area is 131 Å². The summed E-state index contributed by atoms with van der Waals surface area (Å²) in [4.78, 5) is 4.09. The summed E-state index contributed by atoms with van der Waals surface area (Å²) in [6.45, 7) is 2.10. The Kier molecular flexibility index (Phi) is 5.08. The minimum Gasteiger partial charge on any atom is -0.380 e. The third kappa shape index (κ3) is 4.37. The molecule has 0 saturated carbocycles. The van der Waals surface area contributed by atoms with Crippen molar-refractivity contribution in [2.24, 2.45) is 0 Å². The third-order valence-electron chi connectivity index (χ3n) is 2.66. The summed E-state index contributed by atoms with van der Waals surface area (Å²) in [5.74, 6) is 0. The van der Waals surface area contributed by atoms with Crippen LogP contribution in [0.5, 0.6) is 0 Å². The zero-order chi connectivity index (χ0) is 13.8. The van der Waals surface area contributed by atoms with Gasteiger partial charge in [-0.15, -0.1) is 0 Å². The molecule has 2 aromatic rings. The lowest BCUT2D eigenvalue weighted by Gasteiger charge is -2.16. The van der Waals surface area contributed by atoms with Gasteiger partial charge in [0.05, 0.1) is 5.69 Å². The maximum absolute atomic E-state index is 6.05. The van der Waals surface area contributed by atoms with E-state index in [-0.39, 0.29) is 6.04 Å². The number of rotatable bonds is 4. The highest BCUT2D eigenvalue weighted by molar-refractivity contribution is 9.10. The van der Waals surface area contributed by atoms with Crippen molar-refractivity contribution in [1.29, 1.82) is 0 Å². The smallest absolute Gasteiger partial charge is 0.152 e. The minimum absolute atomic E-state index is 0.245. The number of hydrogen-bond donors (Lipinski definition) is 1. The molecule has 19 heavy (non-hydrogen) atoms. The van der Waals surface area contributed by atoms with Crippen LogP contribution in [0.25, 0.3) is 0 Å². The van der Waals surface area contributed by atoms with Gasteiger partial charge in [-0.2, -0.15) is 0 Å². The first-order chi connectivity index (χ1) is 9.04. The molecule has 2 rings (SSSR count). The lowest BCUT2D eigenvalue weighted by Crippen LogP contribution is -2.18. The van der Waals surface area contributed by atoms with Gasteiger partial charge < -0.3 is 5.32 Å². The number of pyridine rings is 1. The maximum atomic E-state index is 6.05. The van der Waals surface area contributed by atoms with Gasteiger partial charge in [0, 0.05) is 21.7 Å². The molecular formula is C14H13BrCl2N2. The first kappa shape index (κ1) is 14.6. The Hall–Kier alpha value is -0.770. The molecule has 1 N–H and O–H groups in total. The average Bonchev–Trinajstić information content (AvgIpc) is 2.37. The molecule has 0 bridgehead atoms. The monoisotopic (exact) mass is 358 g/mol. The Morgan fingerprint density at radius 2 is 1.95 bits per heavy atom. The van der Waals surface area contributed by atoms with Gasteiger partial charge in [0.1, 0.15) is 0 Å². The normalized spacial score (nSPS) is 12.2. The van der Waals surface area contributed by atoms with Gasteiger partial charge in [-0.05, 0) is 53.0 Å². The predicted molar refractivity (Wildman–Crippen MR) is 85.2 cm³/mol. The van der Waals surface area contributed by atoms with Crippen molar-refractivity contribution in [1.82, 2.24) is 4.98 Å². The molecule has 0 fully saturated rings. The second kappa shape index (κ2) is 6.60. The average molecular weight is 360 g/mol. The lowest BCUT2D eigenvalue weighted by atomic mass is 10.1. The van der Waals surface area contributed by atoms with E-state index in [9.17, 15) is 0 Å². The topological polar surface area (TPSA) is 24.9 Å². The first-order valence-electron chi connectivity index (χ1n) is 5.86. The summed E-state index contributed by atoms with van der Waals surface area (Å²) < 4.78 is 0.901. The van der Waals surface area contributed by atoms with Crippen LogP contribution < -0.4 is 5.32 Å². The number of hydrogen-bond acceptors (Lipinski definition) is 2. The van der Waals surface area contributed by atoms with E-state index in [1.807, 2.05) is 30.3 Å². The van der Waals surface area contributed by atoms with Crippen LogP contribution in [0, 0.1) is 0 Å². The molecule has 1 aromatic heterocycles. The van der Waals surface area contributed by atoms with Gasteiger partial charge in [-0.3, -0.25) is 0 Å². The lowest BCUT2D eigenvalue weighted by molar-refractivity contribution is 0.789. The zero-order valence-electron chi connectivity index (χ0n) is 10.3. The van der Waals surface area contributed by atoms with E-state index in [0.29, 0.717) is 5.15 Å². The third-order valence-corrected chi connectivity index (χ3v) is 3.65. The number of nitrogens with one attached hydrogen (secondary N) is 1. The van der Waals surface area contributed by atoms with Crippen LogP contribution in [0.3, 0.4) is 0 Å². The van der Waals surface area contributed by atoms with E-state index in [4.69, 9.17) is 23.2 Å². The van der Waals surface area contributed by atoms with Gasteiger partial charge in [0.15, 0.2) is 5.15 Å². The van der Waals surface area contributed by atoms with Crippen LogP contribution in [0.15, 0.2) is 41.0 Å². The summed E-state index contributed by atoms with van der Waals surface area (Å²) in [7, 11) is 0. The SMILES string of the molecule is CC(Cc1ccc(Cl)cc1)Nc1cc(Br)cnc1Cl. The number of nitrogens with zero attached hydrogens (tertiary/aromatic N) is 1. The van der Waals surface area contributed by atoms with Gasteiger partial charge in [-0.1, -0.05) is 35.3 Å². The Morgan fingerprint density at radius 3 is 2.63 bits per heavy atom. The second-order valence-electron chi connectivity index (χ2n) is 4.37. The molecule has 1 aromatic carbocycles. The molecule has 0 aliphatic heterocycles. The maximum Gasteiger partial charge on any atom is 0.152 e. The molecule has 0 spiro atoms. The van der Waals surface area contributed by atoms with Crippen LogP contribution in [0.2, 0.25) is 10.2 Å². The fraction of sp³-hybridized carbons (Fsp3) is 0.214. The van der Waals surface area contributed by atoms with Gasteiger partial charge >= 0.3 is 0 Å². The number of benzene rings is 1. The highest BCUT2D eigenvalue weighted by Crippen LogP contribution is 2.24. The summed E-state index contributed by atoms with van der Waals surface area (Å²) in [5.41, 5.74) is 2.06. The van der Waals surface area contributed by atoms with Crippen molar-refractivity contribution in [3.05, 3.63) is 56.7 Å². The van der Waals surface area contributed by atoms with Crippen LogP contribution in [-0.2, 0) is 6.42 Å². The molecule has 0 aliphatic rings. The van der Waals surface area contributed by atoms with Gasteiger partial charge in [0.2, 0.25) is 0 Å². The summed E-state index contributed by atoms with van der Waals surface area (Å²) >= 11 is 15.3. The first-order valence-corrected chi connectivity index (χ1v) is 7.41. The molecule has 1 unspecified atom stereocenters. The summed E-state index contributed by atoms with van der Waals surface area (Å²) in [6.07, 6.45) is 2.57. The fourth-order valence-corrected chi connectivity index (χ4v) is 2.43. The Balaban J connectivity index is 2.02. The number of anilines is 1. The Bertz CT molecular complexity index is 558. The fourth-order valence-electron chi connectivity index (χ4n) is 1.81. The van der Waals surface area contributed by atoms with Gasteiger partial charge in [-0.25, -0.2) is 4.98 Å². The predicted octanol–water partition coefficient (Wildman–Crippen LogP) is 5.19. The molecule has 0 amide bonds. The zero-order valence-corrected chi connectivity index (χ0v) is 13.4. The second-order valence-corrected chi connectivity index (χ2v) is 6.08. The standard InChI is InChI=1S/C14H13BrCl2N2/c1-9(6-10-2-4-12(16)5-3-10)19-13-7-11(15)8-18-14(13)17/h2-5,7-9,19H,6H2,1H3. The van der Waals surface area contributed by atoms with Crippen molar-refractivity contribution in [3.8, 4) is 0 Å². The van der Waals surface area contributed by atoms with Crippen LogP contribution in [-0.4, -0.2) is 11.0 Å². The van der Waals surface area contributed by atoms with E-state index >= 15 is 0 Å². The van der Waals surface area contributed by atoms with E-state index in [1.54, 1.807) is 6.20 Å².